The van der Waals surface area contributed by atoms with E-state index >= 15 is 0 Å². The van der Waals surface area contributed by atoms with E-state index in [0.717, 1.165) is 5.56 Å². The lowest BCUT2D eigenvalue weighted by Gasteiger charge is -2.40. The number of aliphatic hydroxyl groups is 3. The molecule has 4 N–H and O–H groups in total. The van der Waals surface area contributed by atoms with Gasteiger partial charge in [0.15, 0.2) is 11.5 Å². The first kappa shape index (κ1) is 27.4. The van der Waals surface area contributed by atoms with Crippen molar-refractivity contribution in [1.82, 2.24) is 10.2 Å². The third-order valence-corrected chi connectivity index (χ3v) is 7.03. The molecule has 0 saturated heterocycles. The summed E-state index contributed by atoms with van der Waals surface area (Å²) in [5.41, 5.74) is 2.43. The first-order valence-corrected chi connectivity index (χ1v) is 12.5. The zero-order valence-electron chi connectivity index (χ0n) is 21.7. The minimum atomic E-state index is -1.15. The molecule has 0 radical (unpaired) electrons. The SMILES string of the molecule is COc1cccc(CCN(C(C)=O)C2C=C(C(=O)NCCO)C3c4cc(CO)cc(OC)c4OC3C2O)c1. The Morgan fingerprint density at radius 1 is 1.11 bits per heavy atom. The Morgan fingerprint density at radius 3 is 2.55 bits per heavy atom. The van der Waals surface area contributed by atoms with Crippen molar-refractivity contribution < 1.29 is 39.1 Å². The van der Waals surface area contributed by atoms with Crippen LogP contribution in [0.2, 0.25) is 0 Å². The summed E-state index contributed by atoms with van der Waals surface area (Å²) in [5, 5.41) is 33.2. The largest absolute Gasteiger partial charge is 0.497 e. The summed E-state index contributed by atoms with van der Waals surface area (Å²) in [6, 6.07) is 10.1. The summed E-state index contributed by atoms with van der Waals surface area (Å²) in [5.74, 6) is 0.0905. The number of nitrogens with one attached hydrogen (secondary N) is 1. The average molecular weight is 527 g/mol. The molecular formula is C28H34N2O8. The molecule has 4 atom stereocenters. The van der Waals surface area contributed by atoms with Gasteiger partial charge in [-0.05, 0) is 47.9 Å². The number of ether oxygens (including phenoxy) is 3. The third-order valence-electron chi connectivity index (χ3n) is 7.03. The fourth-order valence-corrected chi connectivity index (χ4v) is 5.21. The van der Waals surface area contributed by atoms with E-state index in [1.807, 2.05) is 24.3 Å². The van der Waals surface area contributed by atoms with Crippen molar-refractivity contribution in [2.75, 3.05) is 33.9 Å². The van der Waals surface area contributed by atoms with Gasteiger partial charge >= 0.3 is 0 Å². The maximum Gasteiger partial charge on any atom is 0.247 e. The number of hydrogen-bond donors (Lipinski definition) is 4. The zero-order valence-corrected chi connectivity index (χ0v) is 21.7. The van der Waals surface area contributed by atoms with E-state index in [0.29, 0.717) is 40.4 Å². The van der Waals surface area contributed by atoms with Gasteiger partial charge in [0.05, 0.1) is 39.4 Å². The van der Waals surface area contributed by atoms with Crippen LogP contribution in [-0.2, 0) is 22.6 Å². The molecule has 2 aromatic rings. The van der Waals surface area contributed by atoms with E-state index in [9.17, 15) is 24.9 Å². The highest BCUT2D eigenvalue weighted by atomic mass is 16.5. The number of benzene rings is 2. The van der Waals surface area contributed by atoms with Gasteiger partial charge in [-0.15, -0.1) is 0 Å². The maximum atomic E-state index is 13.3. The predicted molar refractivity (Wildman–Crippen MR) is 138 cm³/mol. The summed E-state index contributed by atoms with van der Waals surface area (Å²) in [6.07, 6.45) is 0.0832. The van der Waals surface area contributed by atoms with Gasteiger partial charge in [0.2, 0.25) is 11.8 Å². The van der Waals surface area contributed by atoms with Crippen molar-refractivity contribution in [2.24, 2.45) is 0 Å². The number of rotatable bonds is 10. The van der Waals surface area contributed by atoms with E-state index in [1.54, 1.807) is 25.3 Å². The zero-order chi connectivity index (χ0) is 27.4. The number of carbonyl (C=O) groups is 2. The van der Waals surface area contributed by atoms with Gasteiger partial charge < -0.3 is 39.7 Å². The molecule has 1 aliphatic heterocycles. The van der Waals surface area contributed by atoms with E-state index in [1.165, 1.54) is 18.9 Å². The van der Waals surface area contributed by atoms with Crippen LogP contribution in [0.1, 0.15) is 29.5 Å². The molecule has 10 nitrogen and oxygen atoms in total. The van der Waals surface area contributed by atoms with Crippen LogP contribution in [0.3, 0.4) is 0 Å². The van der Waals surface area contributed by atoms with Crippen molar-refractivity contribution in [3.8, 4) is 17.2 Å². The second-order valence-electron chi connectivity index (χ2n) is 9.33. The van der Waals surface area contributed by atoms with Gasteiger partial charge in [-0.1, -0.05) is 12.1 Å². The van der Waals surface area contributed by atoms with Crippen LogP contribution in [0.5, 0.6) is 17.2 Å². The van der Waals surface area contributed by atoms with Crippen molar-refractivity contribution in [1.29, 1.82) is 0 Å². The van der Waals surface area contributed by atoms with Crippen LogP contribution in [0.4, 0.5) is 0 Å². The van der Waals surface area contributed by atoms with E-state index in [2.05, 4.69) is 5.32 Å². The molecule has 0 saturated carbocycles. The molecule has 2 aliphatic rings. The van der Waals surface area contributed by atoms with Crippen LogP contribution < -0.4 is 19.5 Å². The van der Waals surface area contributed by atoms with Gasteiger partial charge in [0.25, 0.3) is 0 Å². The quantitative estimate of drug-likeness (QED) is 0.359. The standard InChI is InChI=1S/C28H34N2O8/c1-16(33)30(9-7-17-5-4-6-19(11-17)36-2)22-14-21(28(35)29-8-10-31)24-20-12-18(15-32)13-23(37-3)26(20)38-27(24)25(22)34/h4-6,11-14,22,24-25,27,31-32,34H,7-10,15H2,1-3H3,(H,29,35). The van der Waals surface area contributed by atoms with Gasteiger partial charge in [-0.3, -0.25) is 9.59 Å². The van der Waals surface area contributed by atoms with Gasteiger partial charge in [0, 0.05) is 31.1 Å². The summed E-state index contributed by atoms with van der Waals surface area (Å²) in [4.78, 5) is 27.6. The second-order valence-corrected chi connectivity index (χ2v) is 9.33. The summed E-state index contributed by atoms with van der Waals surface area (Å²) < 4.78 is 17.0. The third kappa shape index (κ3) is 5.33. The highest BCUT2D eigenvalue weighted by molar-refractivity contribution is 5.96. The Hall–Kier alpha value is -3.60. The second kappa shape index (κ2) is 11.8. The predicted octanol–water partition coefficient (Wildman–Crippen LogP) is 0.910. The van der Waals surface area contributed by atoms with Crippen LogP contribution in [0.15, 0.2) is 48.0 Å². The Balaban J connectivity index is 1.72. The molecule has 4 rings (SSSR count). The molecule has 1 aliphatic carbocycles. The Labute approximate surface area is 221 Å². The summed E-state index contributed by atoms with van der Waals surface area (Å²) in [6.45, 7) is 1.26. The normalized spacial score (nSPS) is 21.5. The number of fused-ring (bicyclic) bond motifs is 3. The van der Waals surface area contributed by atoms with Crippen LogP contribution in [-0.4, -0.2) is 84.2 Å². The number of amides is 2. The van der Waals surface area contributed by atoms with Crippen LogP contribution in [0, 0.1) is 0 Å². The monoisotopic (exact) mass is 526 g/mol. The number of methoxy groups -OCH3 is 2. The molecule has 0 spiro atoms. The van der Waals surface area contributed by atoms with Crippen LogP contribution in [0.25, 0.3) is 0 Å². The number of aliphatic hydroxyl groups excluding tert-OH is 3. The van der Waals surface area contributed by atoms with Gasteiger partial charge in [-0.2, -0.15) is 0 Å². The topological polar surface area (TPSA) is 138 Å². The summed E-state index contributed by atoms with van der Waals surface area (Å²) in [7, 11) is 3.06. The fraction of sp³-hybridized carbons (Fsp3) is 0.429. The highest BCUT2D eigenvalue weighted by Crippen LogP contribution is 2.51. The summed E-state index contributed by atoms with van der Waals surface area (Å²) >= 11 is 0. The first-order chi connectivity index (χ1) is 18.3. The molecule has 2 aromatic carbocycles. The number of nitrogens with zero attached hydrogens (tertiary/aromatic N) is 1. The molecule has 4 unspecified atom stereocenters. The lowest BCUT2D eigenvalue weighted by molar-refractivity contribution is -0.134. The fourth-order valence-electron chi connectivity index (χ4n) is 5.21. The average Bonchev–Trinajstić information content (AvgIpc) is 3.32. The highest BCUT2D eigenvalue weighted by Gasteiger charge is 2.51. The van der Waals surface area contributed by atoms with Crippen molar-refractivity contribution in [3.63, 3.8) is 0 Å². The Morgan fingerprint density at radius 2 is 1.89 bits per heavy atom. The Kier molecular flexibility index (Phi) is 8.55. The van der Waals surface area contributed by atoms with Gasteiger partial charge in [-0.25, -0.2) is 0 Å². The van der Waals surface area contributed by atoms with Crippen LogP contribution >= 0.6 is 0 Å². The number of carbonyl (C=O) groups excluding carboxylic acids is 2. The molecule has 204 valence electrons. The Bertz CT molecular complexity index is 1210. The molecule has 0 aromatic heterocycles. The molecule has 1 heterocycles. The minimum absolute atomic E-state index is 0.0424. The molecule has 0 fully saturated rings. The molecule has 10 heteroatoms. The van der Waals surface area contributed by atoms with E-state index < -0.39 is 30.1 Å². The van der Waals surface area contributed by atoms with Crippen molar-refractivity contribution >= 4 is 11.8 Å². The molecule has 0 bridgehead atoms. The lowest BCUT2D eigenvalue weighted by atomic mass is 9.77. The first-order valence-electron chi connectivity index (χ1n) is 12.5. The van der Waals surface area contributed by atoms with E-state index in [4.69, 9.17) is 14.2 Å². The number of hydrogen-bond acceptors (Lipinski definition) is 8. The smallest absolute Gasteiger partial charge is 0.247 e. The van der Waals surface area contributed by atoms with E-state index in [-0.39, 0.29) is 32.2 Å². The maximum absolute atomic E-state index is 13.3. The minimum Gasteiger partial charge on any atom is -0.497 e. The van der Waals surface area contributed by atoms with Crippen molar-refractivity contribution in [2.45, 2.75) is 44.1 Å². The molecular weight excluding hydrogens is 492 g/mol. The van der Waals surface area contributed by atoms with Gasteiger partial charge in [0.1, 0.15) is 18.0 Å². The molecule has 2 amide bonds. The molecule has 38 heavy (non-hydrogen) atoms. The van der Waals surface area contributed by atoms with Crippen molar-refractivity contribution in [3.05, 3.63) is 64.7 Å². The lowest BCUT2D eigenvalue weighted by Crippen LogP contribution is -2.55.